The molecule has 2 aromatic heterocycles. The van der Waals surface area contributed by atoms with E-state index in [1.54, 1.807) is 22.2 Å². The van der Waals surface area contributed by atoms with Gasteiger partial charge in [-0.05, 0) is 77.1 Å². The van der Waals surface area contributed by atoms with Gasteiger partial charge in [0, 0.05) is 29.6 Å². The molecule has 15 nitrogen and oxygen atoms in total. The number of rotatable bonds is 10. The minimum Gasteiger partial charge on any atom is -0.488 e. The van der Waals surface area contributed by atoms with Gasteiger partial charge in [-0.2, -0.15) is 0 Å². The van der Waals surface area contributed by atoms with Crippen LogP contribution in [0.2, 0.25) is 0 Å². The van der Waals surface area contributed by atoms with Crippen LogP contribution in [0.3, 0.4) is 0 Å². The number of aromatic nitrogens is 4. The van der Waals surface area contributed by atoms with Gasteiger partial charge < -0.3 is 44.6 Å². The van der Waals surface area contributed by atoms with Crippen LogP contribution in [-0.2, 0) is 25.7 Å². The van der Waals surface area contributed by atoms with Gasteiger partial charge in [-0.25, -0.2) is 19.6 Å². The number of carbonyl (C=O) groups is 4. The van der Waals surface area contributed by atoms with Crippen molar-refractivity contribution in [2.24, 2.45) is 0 Å². The van der Waals surface area contributed by atoms with Crippen LogP contribution in [0.25, 0.3) is 44.4 Å². The number of hydrogen-bond acceptors (Lipinski definition) is 9. The number of likely N-dealkylation sites (tertiary alicyclic amines) is 2. The van der Waals surface area contributed by atoms with Crippen LogP contribution in [-0.4, -0.2) is 81.0 Å². The number of amides is 4. The molecule has 5 aromatic carbocycles. The van der Waals surface area contributed by atoms with E-state index in [9.17, 15) is 19.2 Å². The Morgan fingerprint density at radius 1 is 0.652 bits per heavy atom. The first-order chi connectivity index (χ1) is 32.3. The van der Waals surface area contributed by atoms with Crippen LogP contribution < -0.4 is 15.4 Å². The predicted octanol–water partition coefficient (Wildman–Crippen LogP) is 8.70. The van der Waals surface area contributed by atoms with E-state index in [2.05, 4.69) is 69.1 Å². The van der Waals surface area contributed by atoms with Gasteiger partial charge in [0.15, 0.2) is 0 Å². The molecule has 4 N–H and O–H groups in total. The first-order valence-electron chi connectivity index (χ1n) is 22.1. The zero-order valence-electron chi connectivity index (χ0n) is 36.5. The van der Waals surface area contributed by atoms with Crippen LogP contribution in [0.15, 0.2) is 122 Å². The topological polar surface area (TPSA) is 184 Å². The number of benzene rings is 5. The highest BCUT2D eigenvalue weighted by atomic mass is 16.5. The summed E-state index contributed by atoms with van der Waals surface area (Å²) >= 11 is 0. The first kappa shape index (κ1) is 42.0. The maximum Gasteiger partial charge on any atom is 0.407 e. The summed E-state index contributed by atoms with van der Waals surface area (Å²) in [6.07, 6.45) is 5.35. The van der Waals surface area contributed by atoms with E-state index in [1.807, 2.05) is 60.7 Å². The SMILES string of the molecule is COC(=O)N[C@H](C(=O)N1CCC[C@H]1c1ncc(-c2ccc3c(c2)COc2c-3ccc3cc(-c4cnc([C@@H]5CCCN5C(=O)[C@@H](NC(=O)OC)c5ccccc5)[nH]4)ccc23)[nH]1)c1ccccc1. The average molecular weight is 885 g/mol. The molecule has 0 saturated carbocycles. The van der Waals surface area contributed by atoms with Crippen LogP contribution in [0.1, 0.15) is 78.2 Å². The summed E-state index contributed by atoms with van der Waals surface area (Å²) in [5.74, 6) is 1.76. The minimum atomic E-state index is -0.894. The smallest absolute Gasteiger partial charge is 0.407 e. The van der Waals surface area contributed by atoms with Crippen LogP contribution in [0.5, 0.6) is 5.75 Å². The second kappa shape index (κ2) is 17.9. The lowest BCUT2D eigenvalue weighted by atomic mass is 9.92. The summed E-state index contributed by atoms with van der Waals surface area (Å²) in [6, 6.07) is 32.8. The minimum absolute atomic E-state index is 0.220. The normalized spacial score (nSPS) is 17.3. The van der Waals surface area contributed by atoms with Crippen molar-refractivity contribution >= 4 is 34.8 Å². The van der Waals surface area contributed by atoms with Gasteiger partial charge in [0.25, 0.3) is 11.8 Å². The highest BCUT2D eigenvalue weighted by Crippen LogP contribution is 2.44. The van der Waals surface area contributed by atoms with Crippen molar-refractivity contribution in [2.45, 2.75) is 56.5 Å². The van der Waals surface area contributed by atoms with Gasteiger partial charge in [-0.1, -0.05) is 91.0 Å². The fourth-order valence-corrected chi connectivity index (χ4v) is 9.62. The second-order valence-corrected chi connectivity index (χ2v) is 16.7. The third-order valence-corrected chi connectivity index (χ3v) is 12.9. The van der Waals surface area contributed by atoms with Crippen LogP contribution in [0.4, 0.5) is 9.59 Å². The highest BCUT2D eigenvalue weighted by Gasteiger charge is 2.39. The third-order valence-electron chi connectivity index (χ3n) is 12.9. The number of fused-ring (bicyclic) bond motifs is 5. The Hall–Kier alpha value is -7.94. The summed E-state index contributed by atoms with van der Waals surface area (Å²) in [4.78, 5) is 72.7. The van der Waals surface area contributed by atoms with Crippen molar-refractivity contribution in [3.05, 3.63) is 150 Å². The van der Waals surface area contributed by atoms with E-state index >= 15 is 0 Å². The monoisotopic (exact) mass is 884 g/mol. The van der Waals surface area contributed by atoms with E-state index < -0.39 is 24.3 Å². The maximum absolute atomic E-state index is 14.0. The predicted molar refractivity (Wildman–Crippen MR) is 246 cm³/mol. The van der Waals surface area contributed by atoms with Gasteiger partial charge in [-0.15, -0.1) is 0 Å². The summed E-state index contributed by atoms with van der Waals surface area (Å²) < 4.78 is 16.2. The number of nitrogens with zero attached hydrogens (tertiary/aromatic N) is 4. The zero-order valence-corrected chi connectivity index (χ0v) is 36.5. The number of alkyl carbamates (subject to hydrolysis) is 2. The molecule has 10 rings (SSSR count). The third kappa shape index (κ3) is 7.97. The zero-order chi connectivity index (χ0) is 45.3. The molecule has 0 aliphatic carbocycles. The summed E-state index contributed by atoms with van der Waals surface area (Å²) in [7, 11) is 2.56. The van der Waals surface area contributed by atoms with Gasteiger partial charge in [0.2, 0.25) is 0 Å². The molecule has 0 radical (unpaired) electrons. The van der Waals surface area contributed by atoms with E-state index in [0.717, 1.165) is 81.4 Å². The molecule has 0 unspecified atom stereocenters. The highest BCUT2D eigenvalue weighted by molar-refractivity contribution is 5.98. The molecule has 2 fully saturated rings. The summed E-state index contributed by atoms with van der Waals surface area (Å²) in [6.45, 7) is 1.47. The lowest BCUT2D eigenvalue weighted by Crippen LogP contribution is -2.42. The van der Waals surface area contributed by atoms with Gasteiger partial charge >= 0.3 is 12.2 Å². The number of nitrogens with one attached hydrogen (secondary N) is 4. The van der Waals surface area contributed by atoms with Gasteiger partial charge in [-0.3, -0.25) is 9.59 Å². The molecule has 0 bridgehead atoms. The Bertz CT molecular complexity index is 2950. The van der Waals surface area contributed by atoms with Gasteiger partial charge in [0.1, 0.15) is 36.1 Å². The molecule has 3 aliphatic rings. The van der Waals surface area contributed by atoms with Crippen LogP contribution >= 0.6 is 0 Å². The average Bonchev–Trinajstić information content (AvgIpc) is 4.22. The maximum atomic E-state index is 14.0. The number of methoxy groups -OCH3 is 2. The van der Waals surface area contributed by atoms with Gasteiger partial charge in [0.05, 0.1) is 50.1 Å². The Morgan fingerprint density at radius 3 is 1.71 bits per heavy atom. The van der Waals surface area contributed by atoms with E-state index in [1.165, 1.54) is 14.2 Å². The van der Waals surface area contributed by atoms with Crippen molar-refractivity contribution in [1.29, 1.82) is 0 Å². The summed E-state index contributed by atoms with van der Waals surface area (Å²) in [5.41, 5.74) is 8.05. The Morgan fingerprint density at radius 2 is 1.17 bits per heavy atom. The fourth-order valence-electron chi connectivity index (χ4n) is 9.62. The lowest BCUT2D eigenvalue weighted by molar-refractivity contribution is -0.135. The first-order valence-corrected chi connectivity index (χ1v) is 22.1. The van der Waals surface area contributed by atoms with Crippen molar-refractivity contribution in [3.63, 3.8) is 0 Å². The van der Waals surface area contributed by atoms with Crippen molar-refractivity contribution in [1.82, 2.24) is 40.4 Å². The number of hydrogen-bond donors (Lipinski definition) is 4. The van der Waals surface area contributed by atoms with E-state index in [-0.39, 0.29) is 23.9 Å². The Balaban J connectivity index is 0.852. The number of carbonyl (C=O) groups excluding carboxylic acids is 4. The molecule has 4 amide bonds. The van der Waals surface area contributed by atoms with E-state index in [0.29, 0.717) is 42.5 Å². The number of ether oxygens (including phenoxy) is 3. The number of aromatic amines is 2. The molecular formula is C51H48N8O7. The number of imidazole rings is 2. The van der Waals surface area contributed by atoms with Crippen molar-refractivity contribution in [2.75, 3.05) is 27.3 Å². The quantitative estimate of drug-likeness (QED) is 0.104. The van der Waals surface area contributed by atoms with Crippen molar-refractivity contribution in [3.8, 4) is 39.4 Å². The Kier molecular flexibility index (Phi) is 11.4. The van der Waals surface area contributed by atoms with Crippen molar-refractivity contribution < 1.29 is 33.4 Å². The summed E-state index contributed by atoms with van der Waals surface area (Å²) in [5, 5.41) is 7.45. The molecule has 5 heterocycles. The second-order valence-electron chi connectivity index (χ2n) is 16.7. The molecule has 334 valence electrons. The van der Waals surface area contributed by atoms with Crippen LogP contribution in [0, 0.1) is 0 Å². The molecule has 3 aliphatic heterocycles. The molecule has 0 spiro atoms. The molecule has 15 heteroatoms. The standard InChI is InChI=1S/C51H48N8O7/c1-64-50(62)56-43(30-11-5-3-6-12-30)48(60)58-23-9-15-41(58)46-52-27-39(54-46)33-19-21-37-32(25-33)17-22-38-36-20-18-34(26-35(36)29-66-45(37)38)40-28-53-47(55-40)42-16-10-24-59(42)49(61)44(57-51(63)65-2)31-13-7-4-8-14-31/h3-8,11-14,17-22,25-28,41-44H,9-10,15-16,23-24,29H2,1-2H3,(H,52,54)(H,53,55)(H,56,62)(H,57,63)/t41-,42-,43-,44-/m0/s1. The molecule has 2 saturated heterocycles. The van der Waals surface area contributed by atoms with E-state index in [4.69, 9.17) is 24.2 Å². The fraction of sp³-hybridized carbons (Fsp3) is 0.255. The lowest BCUT2D eigenvalue weighted by Gasteiger charge is -2.28. The largest absolute Gasteiger partial charge is 0.488 e. The molecule has 66 heavy (non-hydrogen) atoms. The molecule has 4 atom stereocenters. The molecular weight excluding hydrogens is 837 g/mol. The number of H-pyrrole nitrogens is 2. The Labute approximate surface area is 380 Å². The molecule has 7 aromatic rings.